The van der Waals surface area contributed by atoms with Gasteiger partial charge in [-0.25, -0.2) is 4.39 Å². The standard InChI is InChI=1S/C21H25ClFN5O3/c1-9-3-4-12-13(21(25)31)20(30)14-17(24)16(23)18(15(22)19(14)28(9)12)26-11-5-7-27(8-6-11)10(2)29/h9,11,26H,3-8,24H2,1-2H3,(H2,25,31)/t9-/m1/s1. The molecule has 1 aromatic heterocycles. The molecule has 10 heteroatoms. The van der Waals surface area contributed by atoms with Gasteiger partial charge in [0.1, 0.15) is 5.56 Å². The van der Waals surface area contributed by atoms with E-state index in [-0.39, 0.29) is 45.3 Å². The van der Waals surface area contributed by atoms with Gasteiger partial charge in [-0.05, 0) is 32.6 Å². The number of nitrogen functional groups attached to an aromatic ring is 1. The summed E-state index contributed by atoms with van der Waals surface area (Å²) < 4.78 is 17.1. The summed E-state index contributed by atoms with van der Waals surface area (Å²) in [6.45, 7) is 4.58. The molecule has 2 aliphatic rings. The third kappa shape index (κ3) is 3.31. The van der Waals surface area contributed by atoms with Crippen LogP contribution in [0, 0.1) is 5.82 Å². The summed E-state index contributed by atoms with van der Waals surface area (Å²) in [5.74, 6) is -1.68. The second-order valence-electron chi connectivity index (χ2n) is 8.34. The monoisotopic (exact) mass is 449 g/mol. The Morgan fingerprint density at radius 3 is 2.45 bits per heavy atom. The van der Waals surface area contributed by atoms with Crippen molar-refractivity contribution in [3.63, 3.8) is 0 Å². The summed E-state index contributed by atoms with van der Waals surface area (Å²) >= 11 is 6.67. The molecule has 0 bridgehead atoms. The number of aromatic nitrogens is 1. The van der Waals surface area contributed by atoms with Crippen LogP contribution in [0.1, 0.15) is 55.2 Å². The zero-order valence-corrected chi connectivity index (χ0v) is 18.2. The fourth-order valence-corrected chi connectivity index (χ4v) is 5.12. The van der Waals surface area contributed by atoms with E-state index in [0.29, 0.717) is 50.0 Å². The van der Waals surface area contributed by atoms with Gasteiger partial charge in [0.15, 0.2) is 5.82 Å². The van der Waals surface area contributed by atoms with E-state index in [9.17, 15) is 14.4 Å². The normalized spacial score (nSPS) is 19.0. The quantitative estimate of drug-likeness (QED) is 0.621. The molecule has 0 radical (unpaired) electrons. The number of nitrogens with two attached hydrogens (primary N) is 2. The Morgan fingerprint density at radius 1 is 1.23 bits per heavy atom. The molecule has 5 N–H and O–H groups in total. The number of nitrogens with zero attached hydrogens (tertiary/aromatic N) is 2. The molecule has 8 nitrogen and oxygen atoms in total. The fraction of sp³-hybridized carbons (Fsp3) is 0.476. The number of carbonyl (C=O) groups excluding carboxylic acids is 2. The zero-order valence-electron chi connectivity index (χ0n) is 17.4. The van der Waals surface area contributed by atoms with Gasteiger partial charge in [0.05, 0.1) is 27.3 Å². The Kier molecular flexibility index (Phi) is 5.33. The molecule has 1 saturated heterocycles. The molecule has 1 fully saturated rings. The molecule has 0 unspecified atom stereocenters. The number of amides is 2. The highest BCUT2D eigenvalue weighted by molar-refractivity contribution is 6.38. The maximum absolute atomic E-state index is 15.3. The van der Waals surface area contributed by atoms with E-state index in [4.69, 9.17) is 23.1 Å². The van der Waals surface area contributed by atoms with Crippen molar-refractivity contribution in [3.05, 3.63) is 32.3 Å². The first-order valence-electron chi connectivity index (χ1n) is 10.3. The molecule has 2 aromatic rings. The number of carbonyl (C=O) groups is 2. The average molecular weight is 450 g/mol. The summed E-state index contributed by atoms with van der Waals surface area (Å²) in [6, 6.07) is -0.170. The molecular formula is C21H25ClFN5O3. The van der Waals surface area contributed by atoms with Crippen molar-refractivity contribution in [2.45, 2.75) is 51.6 Å². The number of rotatable bonds is 3. The van der Waals surface area contributed by atoms with Crippen LogP contribution >= 0.6 is 11.6 Å². The highest BCUT2D eigenvalue weighted by Gasteiger charge is 2.33. The van der Waals surface area contributed by atoms with Crippen molar-refractivity contribution in [2.24, 2.45) is 5.73 Å². The second-order valence-corrected chi connectivity index (χ2v) is 8.72. The lowest BCUT2D eigenvalue weighted by Gasteiger charge is -2.32. The largest absolute Gasteiger partial charge is 0.396 e. The van der Waals surface area contributed by atoms with Crippen molar-refractivity contribution >= 4 is 45.7 Å². The first-order valence-corrected chi connectivity index (χ1v) is 10.7. The number of piperidine rings is 1. The lowest BCUT2D eigenvalue weighted by Crippen LogP contribution is -2.41. The van der Waals surface area contributed by atoms with Crippen LogP contribution in [-0.2, 0) is 11.2 Å². The molecule has 2 aliphatic heterocycles. The number of nitrogens with one attached hydrogen (secondary N) is 1. The van der Waals surface area contributed by atoms with Crippen LogP contribution < -0.4 is 22.2 Å². The number of pyridine rings is 1. The van der Waals surface area contributed by atoms with Crippen LogP contribution in [0.3, 0.4) is 0 Å². The smallest absolute Gasteiger partial charge is 0.254 e. The van der Waals surface area contributed by atoms with E-state index in [1.54, 1.807) is 9.47 Å². The van der Waals surface area contributed by atoms with Crippen LogP contribution in [0.4, 0.5) is 15.8 Å². The topological polar surface area (TPSA) is 123 Å². The van der Waals surface area contributed by atoms with E-state index in [1.165, 1.54) is 6.92 Å². The third-order valence-corrected chi connectivity index (χ3v) is 6.81. The van der Waals surface area contributed by atoms with Gasteiger partial charge in [0, 0.05) is 37.8 Å². The Bertz CT molecular complexity index is 1170. The minimum absolute atomic E-state index is 0.00629. The SMILES string of the molecule is CC(=O)N1CCC(Nc2c(F)c(N)c3c(=O)c(C(N)=O)c4n(c3c2Cl)[C@H](C)CC4)CC1. The number of anilines is 2. The fourth-order valence-electron chi connectivity index (χ4n) is 4.79. The number of hydrogen-bond donors (Lipinski definition) is 3. The van der Waals surface area contributed by atoms with Gasteiger partial charge in [-0.15, -0.1) is 0 Å². The number of primary amides is 1. The molecular weight excluding hydrogens is 425 g/mol. The number of benzene rings is 1. The maximum Gasteiger partial charge on any atom is 0.254 e. The minimum atomic E-state index is -0.861. The van der Waals surface area contributed by atoms with Crippen molar-refractivity contribution in [1.82, 2.24) is 9.47 Å². The summed E-state index contributed by atoms with van der Waals surface area (Å²) in [5, 5.41) is 3.08. The number of fused-ring (bicyclic) bond motifs is 3. The van der Waals surface area contributed by atoms with Crippen LogP contribution in [0.5, 0.6) is 0 Å². The highest BCUT2D eigenvalue weighted by atomic mass is 35.5. The number of likely N-dealkylation sites (tertiary alicyclic amines) is 1. The molecule has 31 heavy (non-hydrogen) atoms. The summed E-state index contributed by atoms with van der Waals surface area (Å²) in [6.07, 6.45) is 2.44. The molecule has 0 saturated carbocycles. The molecule has 166 valence electrons. The predicted octanol–water partition coefficient (Wildman–Crippen LogP) is 2.41. The van der Waals surface area contributed by atoms with E-state index in [0.717, 1.165) is 0 Å². The van der Waals surface area contributed by atoms with Gasteiger partial charge in [0.25, 0.3) is 5.91 Å². The lowest BCUT2D eigenvalue weighted by atomic mass is 10.0. The third-order valence-electron chi connectivity index (χ3n) is 6.44. The van der Waals surface area contributed by atoms with Gasteiger partial charge in [0.2, 0.25) is 11.3 Å². The molecule has 1 aromatic carbocycles. The first kappa shape index (κ1) is 21.4. The Morgan fingerprint density at radius 2 is 1.87 bits per heavy atom. The van der Waals surface area contributed by atoms with Crippen molar-refractivity contribution in [3.8, 4) is 0 Å². The minimum Gasteiger partial charge on any atom is -0.396 e. The molecule has 4 rings (SSSR count). The van der Waals surface area contributed by atoms with E-state index >= 15 is 4.39 Å². The van der Waals surface area contributed by atoms with Gasteiger partial charge in [-0.1, -0.05) is 11.6 Å². The van der Waals surface area contributed by atoms with E-state index in [2.05, 4.69) is 5.32 Å². The first-order chi connectivity index (χ1) is 14.6. The van der Waals surface area contributed by atoms with Crippen LogP contribution in [-0.4, -0.2) is 40.4 Å². The lowest BCUT2D eigenvalue weighted by molar-refractivity contribution is -0.129. The van der Waals surface area contributed by atoms with Crippen molar-refractivity contribution in [2.75, 3.05) is 24.1 Å². The van der Waals surface area contributed by atoms with Crippen LogP contribution in [0.2, 0.25) is 5.02 Å². The Balaban J connectivity index is 1.88. The van der Waals surface area contributed by atoms with Gasteiger partial charge < -0.3 is 26.3 Å². The van der Waals surface area contributed by atoms with Crippen molar-refractivity contribution in [1.29, 1.82) is 0 Å². The molecule has 3 heterocycles. The molecule has 1 atom stereocenters. The highest BCUT2D eigenvalue weighted by Crippen LogP contribution is 2.42. The Hall–Kier alpha value is -2.81. The van der Waals surface area contributed by atoms with Gasteiger partial charge in [-0.2, -0.15) is 0 Å². The summed E-state index contributed by atoms with van der Waals surface area (Å²) in [7, 11) is 0. The number of hydrogen-bond acceptors (Lipinski definition) is 5. The van der Waals surface area contributed by atoms with Crippen molar-refractivity contribution < 1.29 is 14.0 Å². The summed E-state index contributed by atoms with van der Waals surface area (Å²) in [4.78, 5) is 38.4. The average Bonchev–Trinajstić information content (AvgIpc) is 3.09. The van der Waals surface area contributed by atoms with Crippen LogP contribution in [0.15, 0.2) is 4.79 Å². The van der Waals surface area contributed by atoms with Gasteiger partial charge in [-0.3, -0.25) is 14.4 Å². The molecule has 2 amide bonds. The molecule has 0 aliphatic carbocycles. The number of halogens is 2. The molecule has 0 spiro atoms. The van der Waals surface area contributed by atoms with Crippen LogP contribution in [0.25, 0.3) is 10.9 Å². The maximum atomic E-state index is 15.3. The zero-order chi connectivity index (χ0) is 22.6. The van der Waals surface area contributed by atoms with E-state index in [1.807, 2.05) is 6.92 Å². The van der Waals surface area contributed by atoms with Gasteiger partial charge >= 0.3 is 0 Å². The van der Waals surface area contributed by atoms with E-state index < -0.39 is 17.2 Å². The summed E-state index contributed by atoms with van der Waals surface area (Å²) in [5.41, 5.74) is 11.2. The Labute approximate surface area is 183 Å². The predicted molar refractivity (Wildman–Crippen MR) is 118 cm³/mol. The second kappa shape index (κ2) is 7.71.